The molecule has 90 valence electrons. The molecule has 1 aliphatic carbocycles. The Morgan fingerprint density at radius 1 is 1.53 bits per heavy atom. The van der Waals surface area contributed by atoms with Crippen molar-refractivity contribution in [3.63, 3.8) is 0 Å². The van der Waals surface area contributed by atoms with Crippen molar-refractivity contribution >= 4 is 11.8 Å². The van der Waals surface area contributed by atoms with Crippen molar-refractivity contribution < 1.29 is 4.52 Å². The molecule has 2 aromatic rings. The van der Waals surface area contributed by atoms with Crippen LogP contribution in [0.4, 0.5) is 0 Å². The minimum atomic E-state index is 0.661. The van der Waals surface area contributed by atoms with Gasteiger partial charge in [0.05, 0.1) is 5.75 Å². The Kier molecular flexibility index (Phi) is 2.88. The Bertz CT molecular complexity index is 503. The van der Waals surface area contributed by atoms with Crippen molar-refractivity contribution in [3.05, 3.63) is 24.1 Å². The predicted octanol–water partition coefficient (Wildman–Crippen LogP) is 2.46. The summed E-state index contributed by atoms with van der Waals surface area (Å²) in [5, 5.41) is 4.92. The fraction of sp³-hybridized carbons (Fsp3) is 0.545. The third-order valence-electron chi connectivity index (χ3n) is 2.72. The van der Waals surface area contributed by atoms with Gasteiger partial charge in [-0.3, -0.25) is 0 Å². The number of thioether (sulfide) groups is 1. The van der Waals surface area contributed by atoms with Crippen molar-refractivity contribution in [2.75, 3.05) is 0 Å². The molecule has 0 N–H and O–H groups in total. The molecule has 0 radical (unpaired) electrons. The fourth-order valence-electron chi connectivity index (χ4n) is 1.66. The number of rotatable bonds is 5. The predicted molar refractivity (Wildman–Crippen MR) is 63.7 cm³/mol. The zero-order valence-corrected chi connectivity index (χ0v) is 10.5. The minimum Gasteiger partial charge on any atom is -0.338 e. The molecule has 5 nitrogen and oxygen atoms in total. The fourth-order valence-corrected chi connectivity index (χ4v) is 2.52. The van der Waals surface area contributed by atoms with E-state index in [2.05, 4.69) is 19.7 Å². The van der Waals surface area contributed by atoms with Crippen LogP contribution >= 0.6 is 11.8 Å². The van der Waals surface area contributed by atoms with Crippen LogP contribution in [0.2, 0.25) is 0 Å². The normalized spacial score (nSPS) is 15.4. The summed E-state index contributed by atoms with van der Waals surface area (Å²) in [5.74, 6) is 2.14. The van der Waals surface area contributed by atoms with Crippen LogP contribution in [0.15, 0.2) is 22.1 Å². The van der Waals surface area contributed by atoms with Crippen molar-refractivity contribution in [2.24, 2.45) is 0 Å². The van der Waals surface area contributed by atoms with Crippen LogP contribution in [0.3, 0.4) is 0 Å². The van der Waals surface area contributed by atoms with E-state index in [9.17, 15) is 0 Å². The first kappa shape index (κ1) is 10.8. The Labute approximate surface area is 104 Å². The van der Waals surface area contributed by atoms with Gasteiger partial charge < -0.3 is 9.09 Å². The Balaban J connectivity index is 1.64. The van der Waals surface area contributed by atoms with E-state index >= 15 is 0 Å². The van der Waals surface area contributed by atoms with Gasteiger partial charge in [-0.25, -0.2) is 4.98 Å². The summed E-state index contributed by atoms with van der Waals surface area (Å²) in [5.41, 5.74) is 0. The zero-order valence-electron chi connectivity index (χ0n) is 9.67. The van der Waals surface area contributed by atoms with Gasteiger partial charge in [-0.2, -0.15) is 4.98 Å². The molecule has 1 fully saturated rings. The molecule has 0 saturated heterocycles. The highest BCUT2D eigenvalue weighted by molar-refractivity contribution is 7.98. The third kappa shape index (κ3) is 2.36. The van der Waals surface area contributed by atoms with Crippen LogP contribution in [0.1, 0.15) is 37.5 Å². The molecule has 0 aliphatic heterocycles. The lowest BCUT2D eigenvalue weighted by Crippen LogP contribution is -1.94. The van der Waals surface area contributed by atoms with E-state index in [4.69, 9.17) is 4.52 Å². The highest BCUT2D eigenvalue weighted by Crippen LogP contribution is 2.38. The van der Waals surface area contributed by atoms with Gasteiger partial charge in [0.1, 0.15) is 0 Å². The molecule has 2 aromatic heterocycles. The molecule has 0 spiro atoms. The van der Waals surface area contributed by atoms with E-state index in [-0.39, 0.29) is 0 Å². The second kappa shape index (κ2) is 4.52. The number of hydrogen-bond donors (Lipinski definition) is 0. The first-order valence-corrected chi connectivity index (χ1v) is 6.82. The minimum absolute atomic E-state index is 0.661. The van der Waals surface area contributed by atoms with Gasteiger partial charge >= 0.3 is 0 Å². The first-order chi connectivity index (χ1) is 8.36. The summed E-state index contributed by atoms with van der Waals surface area (Å²) in [6, 6.07) is 0.661. The Morgan fingerprint density at radius 3 is 3.12 bits per heavy atom. The SMILES string of the molecule is CCc1noc(CSc2nccn2C2CC2)n1. The lowest BCUT2D eigenvalue weighted by atomic mass is 10.5. The Hall–Kier alpha value is -1.30. The largest absolute Gasteiger partial charge is 0.338 e. The summed E-state index contributed by atoms with van der Waals surface area (Å²) >= 11 is 1.65. The van der Waals surface area contributed by atoms with E-state index in [1.807, 2.05) is 19.3 Å². The number of imidazole rings is 1. The van der Waals surface area contributed by atoms with Crippen LogP contribution in [0.5, 0.6) is 0 Å². The Morgan fingerprint density at radius 2 is 2.41 bits per heavy atom. The van der Waals surface area contributed by atoms with Crippen LogP contribution in [-0.4, -0.2) is 19.7 Å². The van der Waals surface area contributed by atoms with E-state index < -0.39 is 0 Å². The molecule has 0 unspecified atom stereocenters. The molecule has 2 heterocycles. The van der Waals surface area contributed by atoms with E-state index in [0.29, 0.717) is 17.7 Å². The monoisotopic (exact) mass is 250 g/mol. The molecular formula is C11H14N4OS. The molecule has 17 heavy (non-hydrogen) atoms. The molecule has 0 aromatic carbocycles. The smallest absolute Gasteiger partial charge is 0.237 e. The first-order valence-electron chi connectivity index (χ1n) is 5.84. The van der Waals surface area contributed by atoms with E-state index in [1.54, 1.807) is 11.8 Å². The molecule has 0 amide bonds. The third-order valence-corrected chi connectivity index (χ3v) is 3.69. The molecule has 0 bridgehead atoms. The quantitative estimate of drug-likeness (QED) is 0.763. The summed E-state index contributed by atoms with van der Waals surface area (Å²) in [7, 11) is 0. The highest BCUT2D eigenvalue weighted by Gasteiger charge is 2.25. The standard InChI is InChI=1S/C11H14N4OS/c1-2-9-13-10(16-14-9)7-17-11-12-5-6-15(11)8-3-4-8/h5-6,8H,2-4,7H2,1H3. The zero-order chi connectivity index (χ0) is 11.7. The average molecular weight is 250 g/mol. The molecular weight excluding hydrogens is 236 g/mol. The van der Waals surface area contributed by atoms with Crippen molar-refractivity contribution in [1.29, 1.82) is 0 Å². The second-order valence-electron chi connectivity index (χ2n) is 4.09. The van der Waals surface area contributed by atoms with E-state index in [0.717, 1.165) is 17.4 Å². The van der Waals surface area contributed by atoms with Crippen LogP contribution in [-0.2, 0) is 12.2 Å². The van der Waals surface area contributed by atoms with Crippen LogP contribution in [0, 0.1) is 0 Å². The second-order valence-corrected chi connectivity index (χ2v) is 5.04. The van der Waals surface area contributed by atoms with Gasteiger partial charge in [-0.1, -0.05) is 23.8 Å². The summed E-state index contributed by atoms with van der Waals surface area (Å²) in [6.07, 6.45) is 7.25. The molecule has 0 atom stereocenters. The van der Waals surface area contributed by atoms with Gasteiger partial charge in [-0.05, 0) is 12.8 Å². The van der Waals surface area contributed by atoms with Gasteiger partial charge in [0, 0.05) is 24.9 Å². The van der Waals surface area contributed by atoms with Gasteiger partial charge in [0.15, 0.2) is 11.0 Å². The van der Waals surface area contributed by atoms with Gasteiger partial charge in [0.2, 0.25) is 5.89 Å². The lowest BCUT2D eigenvalue weighted by molar-refractivity contribution is 0.385. The highest BCUT2D eigenvalue weighted by atomic mass is 32.2. The average Bonchev–Trinajstić information content (AvgIpc) is 2.93. The maximum Gasteiger partial charge on any atom is 0.237 e. The van der Waals surface area contributed by atoms with Gasteiger partial charge in [0.25, 0.3) is 0 Å². The summed E-state index contributed by atoms with van der Waals surface area (Å²) in [6.45, 7) is 2.02. The summed E-state index contributed by atoms with van der Waals surface area (Å²) in [4.78, 5) is 8.64. The van der Waals surface area contributed by atoms with Crippen molar-refractivity contribution in [3.8, 4) is 0 Å². The van der Waals surface area contributed by atoms with Crippen molar-refractivity contribution in [1.82, 2.24) is 19.7 Å². The molecule has 3 rings (SSSR count). The number of aromatic nitrogens is 4. The molecule has 1 saturated carbocycles. The van der Waals surface area contributed by atoms with Crippen LogP contribution in [0.25, 0.3) is 0 Å². The summed E-state index contributed by atoms with van der Waals surface area (Å²) < 4.78 is 7.39. The molecule has 1 aliphatic rings. The van der Waals surface area contributed by atoms with Crippen molar-refractivity contribution in [2.45, 2.75) is 43.1 Å². The molecule has 6 heteroatoms. The maximum atomic E-state index is 5.15. The number of hydrogen-bond acceptors (Lipinski definition) is 5. The number of nitrogens with zero attached hydrogens (tertiary/aromatic N) is 4. The number of aryl methyl sites for hydroxylation is 1. The maximum absolute atomic E-state index is 5.15. The topological polar surface area (TPSA) is 56.7 Å². The van der Waals surface area contributed by atoms with Crippen LogP contribution < -0.4 is 0 Å². The van der Waals surface area contributed by atoms with Gasteiger partial charge in [-0.15, -0.1) is 0 Å². The lowest BCUT2D eigenvalue weighted by Gasteiger charge is -2.03. The van der Waals surface area contributed by atoms with E-state index in [1.165, 1.54) is 12.8 Å².